The molecule has 40 nitrogen and oxygen atoms in total. The number of methoxy groups -OCH3 is 6. The molecule has 6 N–H and O–H groups in total. The Bertz CT molecular complexity index is 3120. The number of primary amides is 1. The normalized spacial score (nSPS) is 29.2. The van der Waals surface area contributed by atoms with Crippen LogP contribution in [0.3, 0.4) is 0 Å². The second-order valence-electron chi connectivity index (χ2n) is 25.5. The van der Waals surface area contributed by atoms with Gasteiger partial charge in [-0.3, -0.25) is 19.2 Å². The molecule has 0 aliphatic carbocycles. The molecule has 0 bridgehead atoms. The molecule has 7 aliphatic rings. The number of aromatic nitrogens is 12. The first-order chi connectivity index (χ1) is 48.2. The van der Waals surface area contributed by atoms with E-state index in [0.717, 1.165) is 17.5 Å². The maximum atomic E-state index is 12.8. The number of ether oxygens (including phenoxy) is 16. The van der Waals surface area contributed by atoms with Crippen LogP contribution in [0, 0.1) is 0 Å². The third-order valence-electron chi connectivity index (χ3n) is 17.0. The number of amides is 4. The van der Waals surface area contributed by atoms with Gasteiger partial charge in [-0.25, -0.2) is 38.7 Å². The smallest absolute Gasteiger partial charge is 0.394 e. The Morgan fingerprint density at radius 3 is 0.950 bits per heavy atom. The Kier molecular flexibility index (Phi) is 28.9. The average molecular weight is 1440 g/mol. The summed E-state index contributed by atoms with van der Waals surface area (Å²) < 4.78 is 94.6. The van der Waals surface area contributed by atoms with Crippen molar-refractivity contribution < 1.29 is 117 Å². The zero-order valence-electron chi connectivity index (χ0n) is 60.6. The van der Waals surface area contributed by atoms with Crippen molar-refractivity contribution in [3.8, 4) is 0 Å². The van der Waals surface area contributed by atoms with Crippen molar-refractivity contribution in [1.29, 1.82) is 0 Å². The lowest BCUT2D eigenvalue weighted by molar-refractivity contribution is -0.201. The molecule has 0 spiro atoms. The van der Waals surface area contributed by atoms with E-state index in [-0.39, 0.29) is 79.8 Å². The zero-order chi connectivity index (χ0) is 73.5. The molecular formula is C61H101N16O24+. The van der Waals surface area contributed by atoms with E-state index >= 15 is 0 Å². The molecule has 0 radical (unpaired) electrons. The number of aliphatic hydroxyl groups excluding tert-OH is 4. The Morgan fingerprint density at radius 2 is 0.683 bits per heavy atom. The highest BCUT2D eigenvalue weighted by Crippen LogP contribution is 2.46. The number of carbonyl (C=O) groups excluding carboxylic acids is 4. The SMILES string of the molecule is CC[C@H]1O[C@@H](n2cnc(C(=O)N(CCOC)CCOC)n2)[C@H]2OC(C)(C)OC12.CC[C@H]1O[C@@H](n2cnc(C(N)=O)n2)[C@H]2OC(C)(C)OC12.COCCN(CCOC)C(=O)c1ncn([C@@H]2O[C@H](CO)C(O)[C@@H]2O)n1.COCCN(CCOC)C(=O)c1ncn([C@@H]2O[C@H](CO)C3OC(C)(C)O[C@@H]32)n1.[H+]. The molecule has 7 fully saturated rings. The minimum Gasteiger partial charge on any atom is -0.394 e. The number of rotatable bonds is 30. The highest BCUT2D eigenvalue weighted by molar-refractivity contribution is 5.91. The van der Waals surface area contributed by atoms with Gasteiger partial charge in [-0.05, 0) is 54.4 Å². The second kappa shape index (κ2) is 36.4. The fourth-order valence-corrected chi connectivity index (χ4v) is 12.1. The minimum atomic E-state index is -1.29. The van der Waals surface area contributed by atoms with Crippen LogP contribution < -0.4 is 5.73 Å². The van der Waals surface area contributed by atoms with Crippen LogP contribution in [0.15, 0.2) is 25.3 Å². The van der Waals surface area contributed by atoms with Crippen LogP contribution in [-0.4, -0.2) is 343 Å². The van der Waals surface area contributed by atoms with Gasteiger partial charge in [0.1, 0.15) is 86.3 Å². The monoisotopic (exact) mass is 1440 g/mol. The highest BCUT2D eigenvalue weighted by Gasteiger charge is 2.58. The van der Waals surface area contributed by atoms with Crippen molar-refractivity contribution in [2.24, 2.45) is 5.73 Å². The first kappa shape index (κ1) is 80.3. The maximum absolute atomic E-state index is 12.8. The van der Waals surface area contributed by atoms with E-state index in [9.17, 15) is 34.5 Å². The zero-order valence-corrected chi connectivity index (χ0v) is 59.6. The molecule has 11 rings (SSSR count). The second-order valence-corrected chi connectivity index (χ2v) is 25.5. The molecule has 4 amide bonds. The summed E-state index contributed by atoms with van der Waals surface area (Å²) in [6.45, 7) is 19.2. The first-order valence-corrected chi connectivity index (χ1v) is 33.3. The molecule has 40 heteroatoms. The van der Waals surface area contributed by atoms with Gasteiger partial charge in [-0.1, -0.05) is 13.8 Å². The van der Waals surface area contributed by atoms with Crippen molar-refractivity contribution in [3.63, 3.8) is 0 Å². The number of hydrogen-bond acceptors (Lipinski definition) is 32. The van der Waals surface area contributed by atoms with Gasteiger partial charge in [0.15, 0.2) is 42.3 Å². The summed E-state index contributed by atoms with van der Waals surface area (Å²) in [7, 11) is 9.40. The maximum Gasteiger partial charge on any atom is 1.00 e. The average Bonchev–Trinajstić information content (AvgIpc) is 1.62. The molecular weight excluding hydrogens is 1340 g/mol. The van der Waals surface area contributed by atoms with E-state index in [0.29, 0.717) is 78.9 Å². The predicted molar refractivity (Wildman–Crippen MR) is 343 cm³/mol. The van der Waals surface area contributed by atoms with Crippen LogP contribution in [0.2, 0.25) is 0 Å². The van der Waals surface area contributed by atoms with Gasteiger partial charge in [0.25, 0.3) is 23.6 Å². The van der Waals surface area contributed by atoms with Gasteiger partial charge in [0.05, 0.1) is 65.1 Å². The fraction of sp³-hybridized carbons (Fsp3) is 0.803. The van der Waals surface area contributed by atoms with Crippen molar-refractivity contribution in [2.45, 2.75) is 184 Å². The summed E-state index contributed by atoms with van der Waals surface area (Å²) in [5.74, 6) is -3.80. The van der Waals surface area contributed by atoms with Gasteiger partial charge >= 0.3 is 1.43 Å². The Balaban J connectivity index is 0.000000191. The topological polar surface area (TPSA) is 455 Å². The lowest BCUT2D eigenvalue weighted by atomic mass is 10.1. The fourth-order valence-electron chi connectivity index (χ4n) is 12.1. The number of fused-ring (bicyclic) bond motifs is 3. The number of carbonyl (C=O) groups is 4. The van der Waals surface area contributed by atoms with Gasteiger partial charge in [-0.2, -0.15) is 0 Å². The summed E-state index contributed by atoms with van der Waals surface area (Å²) in [6, 6.07) is 0. The van der Waals surface area contributed by atoms with Crippen LogP contribution in [0.4, 0.5) is 0 Å². The van der Waals surface area contributed by atoms with E-state index in [1.165, 1.54) is 53.8 Å². The van der Waals surface area contributed by atoms with Crippen LogP contribution in [-0.2, 0) is 75.8 Å². The Morgan fingerprint density at radius 1 is 0.426 bits per heavy atom. The van der Waals surface area contributed by atoms with E-state index in [1.807, 2.05) is 41.5 Å². The van der Waals surface area contributed by atoms with Crippen LogP contribution in [0.1, 0.15) is 137 Å². The molecule has 101 heavy (non-hydrogen) atoms. The van der Waals surface area contributed by atoms with Crippen molar-refractivity contribution >= 4 is 23.6 Å². The van der Waals surface area contributed by atoms with E-state index in [1.54, 1.807) is 56.8 Å². The highest BCUT2D eigenvalue weighted by atomic mass is 16.8. The summed E-state index contributed by atoms with van der Waals surface area (Å²) in [6.07, 6.45) is -1.43. The van der Waals surface area contributed by atoms with Crippen molar-refractivity contribution in [3.05, 3.63) is 48.6 Å². The van der Waals surface area contributed by atoms with Crippen LogP contribution in [0.5, 0.6) is 0 Å². The van der Waals surface area contributed by atoms with Crippen LogP contribution >= 0.6 is 0 Å². The summed E-state index contributed by atoms with van der Waals surface area (Å²) in [4.78, 5) is 70.0. The predicted octanol–water partition coefficient (Wildman–Crippen LogP) is -1.79. The molecule has 11 heterocycles. The van der Waals surface area contributed by atoms with Gasteiger partial charge in [0, 0.05) is 81.9 Å². The number of aliphatic hydroxyl groups is 4. The Labute approximate surface area is 585 Å². The molecule has 0 aromatic carbocycles. The lowest BCUT2D eigenvalue weighted by Gasteiger charge is -2.23. The molecule has 7 aliphatic heterocycles. The molecule has 7 saturated heterocycles. The molecule has 0 saturated carbocycles. The first-order valence-electron chi connectivity index (χ1n) is 33.3. The molecule has 4 unspecified atom stereocenters. The van der Waals surface area contributed by atoms with Gasteiger partial charge in [0.2, 0.25) is 23.3 Å². The quantitative estimate of drug-likeness (QED) is 0.0385. The molecule has 4 aromatic heterocycles. The molecule has 4 aromatic rings. The largest absolute Gasteiger partial charge is 1.00 e. The van der Waals surface area contributed by atoms with Gasteiger partial charge < -0.3 is 117 Å². The standard InChI is InChI=1S/C18H30N4O6.C17H28N4O7.C14H24N4O7.C12H18N4O4/c1-6-12-13-14(28-18(2,3)27-13)17(26-12)22-11-19-15(20-22)16(23)21(7-9-24-4)8-10-25-5;1-17(2)27-12-11(9-22)26-16(13(12)28-17)21-10-18-14(19-21)15(23)20(5-7-24-3)6-8-25-4;1-23-5-3-17(4-6-24-2)13(22)12-15-8-18(16-12)14-11(21)10(20)9(7-19)25-14;1-4-6-7-8(20-12(2,3)19-7)11(18-6)16-5-14-10(15-16)9(13)17/h11-14,17H,6-10H2,1-5H3;10-13,16,22H,5-9H2,1-4H3;8-11,14,19-21H,3-7H2,1-2H3;5-8,11H,4H2,1-3H3,(H2,13,17)/p+1/t12-,13?,14+,17-;11-,12?,13+,16-;9-,10?,11+,14-;6-,7?,8+,11-/m1111/s1. The Hall–Kier alpha value is -6.36. The van der Waals surface area contributed by atoms with Crippen molar-refractivity contribution in [2.75, 3.05) is 135 Å². The third-order valence-corrected chi connectivity index (χ3v) is 17.0. The molecule has 16 atom stereocenters. The number of nitrogens with two attached hydrogens (primary N) is 1. The third kappa shape index (κ3) is 19.7. The van der Waals surface area contributed by atoms with E-state index in [4.69, 9.17) is 86.6 Å². The minimum absolute atomic E-state index is 0. The number of hydrogen-bond donors (Lipinski definition) is 5. The van der Waals surface area contributed by atoms with E-state index < -0.39 is 97.3 Å². The number of nitrogens with zero attached hydrogens (tertiary/aromatic N) is 15. The summed E-state index contributed by atoms with van der Waals surface area (Å²) >= 11 is 0. The summed E-state index contributed by atoms with van der Waals surface area (Å²) in [5, 5.41) is 55.3. The van der Waals surface area contributed by atoms with Gasteiger partial charge in [-0.15, -0.1) is 20.4 Å². The molecule has 568 valence electrons. The van der Waals surface area contributed by atoms with E-state index in [2.05, 4.69) is 40.3 Å². The summed E-state index contributed by atoms with van der Waals surface area (Å²) in [5.41, 5.74) is 5.16. The van der Waals surface area contributed by atoms with Crippen molar-refractivity contribution in [1.82, 2.24) is 73.8 Å². The van der Waals surface area contributed by atoms with Crippen LogP contribution in [0.25, 0.3) is 0 Å². The lowest BCUT2D eigenvalue weighted by Crippen LogP contribution is -2.37.